The van der Waals surface area contributed by atoms with Gasteiger partial charge in [-0.05, 0) is 48.9 Å². The Kier molecular flexibility index (Phi) is 4.68. The highest BCUT2D eigenvalue weighted by atomic mass is 35.5. The first-order valence-corrected chi connectivity index (χ1v) is 9.10. The number of halogens is 1. The Balaban J connectivity index is 1.50. The van der Waals surface area contributed by atoms with E-state index in [2.05, 4.69) is 5.32 Å². The van der Waals surface area contributed by atoms with E-state index in [1.54, 1.807) is 25.1 Å². The molecule has 2 aromatic carbocycles. The summed E-state index contributed by atoms with van der Waals surface area (Å²) in [6.07, 6.45) is 0. The van der Waals surface area contributed by atoms with Crippen LogP contribution in [0, 0.1) is 0 Å². The molecule has 1 N–H and O–H groups in total. The first-order valence-electron chi connectivity index (χ1n) is 8.72. The molecule has 0 radical (unpaired) electrons. The number of anilines is 1. The molecule has 0 saturated heterocycles. The summed E-state index contributed by atoms with van der Waals surface area (Å²) in [6, 6.07) is 10.2. The van der Waals surface area contributed by atoms with Crippen molar-refractivity contribution < 1.29 is 23.5 Å². The van der Waals surface area contributed by atoms with Gasteiger partial charge in [-0.3, -0.25) is 14.4 Å². The van der Waals surface area contributed by atoms with Gasteiger partial charge in [-0.15, -0.1) is 0 Å². The number of hydrogen-bond donors (Lipinski definition) is 1. The highest BCUT2D eigenvalue weighted by Gasteiger charge is 2.27. The molecular weight excluding hydrogens is 398 g/mol. The fourth-order valence-corrected chi connectivity index (χ4v) is 3.28. The van der Waals surface area contributed by atoms with Gasteiger partial charge in [-0.1, -0.05) is 11.6 Å². The number of amides is 1. The SMILES string of the molecule is C[C@H]1C(=O)Nc2ccc(C(=O)COC(=O)c3cc(=O)c4cc(Cl)ccc4o3)cc21. The molecule has 1 amide bonds. The lowest BCUT2D eigenvalue weighted by atomic mass is 9.99. The van der Waals surface area contributed by atoms with E-state index in [0.717, 1.165) is 6.07 Å². The summed E-state index contributed by atoms with van der Waals surface area (Å²) in [7, 11) is 0. The number of rotatable bonds is 4. The minimum atomic E-state index is -0.932. The van der Waals surface area contributed by atoms with E-state index in [4.69, 9.17) is 20.8 Å². The molecule has 2 heterocycles. The number of carbonyl (C=O) groups is 3. The van der Waals surface area contributed by atoms with E-state index in [1.807, 2.05) is 0 Å². The summed E-state index contributed by atoms with van der Waals surface area (Å²) >= 11 is 5.86. The number of ether oxygens (including phenoxy) is 1. The predicted octanol–water partition coefficient (Wildman–Crippen LogP) is 3.54. The molecule has 146 valence electrons. The van der Waals surface area contributed by atoms with Gasteiger partial charge in [0.25, 0.3) is 0 Å². The number of hydrogen-bond acceptors (Lipinski definition) is 6. The Morgan fingerprint density at radius 2 is 1.93 bits per heavy atom. The zero-order chi connectivity index (χ0) is 20.7. The number of carbonyl (C=O) groups excluding carboxylic acids is 3. The lowest BCUT2D eigenvalue weighted by molar-refractivity contribution is -0.116. The maximum absolute atomic E-state index is 12.4. The molecule has 0 saturated carbocycles. The van der Waals surface area contributed by atoms with Gasteiger partial charge in [-0.2, -0.15) is 0 Å². The number of fused-ring (bicyclic) bond motifs is 2. The second-order valence-corrected chi connectivity index (χ2v) is 7.06. The van der Waals surface area contributed by atoms with Crippen LogP contribution in [0.25, 0.3) is 11.0 Å². The third-order valence-corrected chi connectivity index (χ3v) is 4.95. The van der Waals surface area contributed by atoms with Crippen LogP contribution in [-0.2, 0) is 9.53 Å². The number of nitrogens with one attached hydrogen (secondary N) is 1. The Morgan fingerprint density at radius 1 is 1.14 bits per heavy atom. The minimum Gasteiger partial charge on any atom is -0.451 e. The Bertz CT molecular complexity index is 1250. The summed E-state index contributed by atoms with van der Waals surface area (Å²) in [5.74, 6) is -2.18. The monoisotopic (exact) mass is 411 g/mol. The molecule has 1 aliphatic rings. The molecule has 8 heteroatoms. The molecule has 0 aliphatic carbocycles. The maximum atomic E-state index is 12.4. The molecule has 1 atom stereocenters. The summed E-state index contributed by atoms with van der Waals surface area (Å²) in [5, 5.41) is 3.33. The van der Waals surface area contributed by atoms with Crippen molar-refractivity contribution in [2.75, 3.05) is 11.9 Å². The van der Waals surface area contributed by atoms with Crippen LogP contribution in [0.15, 0.2) is 51.7 Å². The number of benzene rings is 2. The van der Waals surface area contributed by atoms with Crippen LogP contribution >= 0.6 is 11.6 Å². The number of ketones is 1. The van der Waals surface area contributed by atoms with Crippen LogP contribution in [0.2, 0.25) is 5.02 Å². The van der Waals surface area contributed by atoms with Crippen molar-refractivity contribution in [3.05, 3.63) is 74.6 Å². The fraction of sp³-hybridized carbons (Fsp3) is 0.143. The van der Waals surface area contributed by atoms with Crippen molar-refractivity contribution in [1.82, 2.24) is 0 Å². The van der Waals surface area contributed by atoms with E-state index in [1.165, 1.54) is 18.2 Å². The van der Waals surface area contributed by atoms with Crippen LogP contribution in [0.3, 0.4) is 0 Å². The summed E-state index contributed by atoms with van der Waals surface area (Å²) in [6.45, 7) is 1.21. The second-order valence-electron chi connectivity index (χ2n) is 6.63. The highest BCUT2D eigenvalue weighted by molar-refractivity contribution is 6.31. The summed E-state index contributed by atoms with van der Waals surface area (Å²) < 4.78 is 10.4. The van der Waals surface area contributed by atoms with Crippen molar-refractivity contribution in [2.24, 2.45) is 0 Å². The summed E-state index contributed by atoms with van der Waals surface area (Å²) in [5.41, 5.74) is 1.43. The highest BCUT2D eigenvalue weighted by Crippen LogP contribution is 2.32. The maximum Gasteiger partial charge on any atom is 0.374 e. The standard InChI is InChI=1S/C21H14ClNO6/c1-10-13-6-11(2-4-15(13)23-20(10)26)17(25)9-28-21(27)19-8-16(24)14-7-12(22)3-5-18(14)29-19/h2-8,10H,9H2,1H3,(H,23,26)/t10-/m1/s1. The summed E-state index contributed by atoms with van der Waals surface area (Å²) in [4.78, 5) is 48.5. The topological polar surface area (TPSA) is 103 Å². The Morgan fingerprint density at radius 3 is 2.72 bits per heavy atom. The molecule has 0 unspecified atom stereocenters. The second kappa shape index (κ2) is 7.18. The molecule has 0 spiro atoms. The minimum absolute atomic E-state index is 0.136. The van der Waals surface area contributed by atoms with Gasteiger partial charge in [0.1, 0.15) is 5.58 Å². The van der Waals surface area contributed by atoms with Crippen LogP contribution < -0.4 is 10.7 Å². The van der Waals surface area contributed by atoms with E-state index in [-0.39, 0.29) is 28.6 Å². The van der Waals surface area contributed by atoms with E-state index in [0.29, 0.717) is 21.8 Å². The van der Waals surface area contributed by atoms with Crippen molar-refractivity contribution in [2.45, 2.75) is 12.8 Å². The van der Waals surface area contributed by atoms with Gasteiger partial charge < -0.3 is 14.5 Å². The number of Topliss-reactive ketones (excluding diaryl/α,β-unsaturated/α-hetero) is 1. The molecule has 4 rings (SSSR count). The van der Waals surface area contributed by atoms with Gasteiger partial charge in [-0.25, -0.2) is 4.79 Å². The third kappa shape index (κ3) is 3.52. The van der Waals surface area contributed by atoms with Crippen molar-refractivity contribution in [3.63, 3.8) is 0 Å². The van der Waals surface area contributed by atoms with Crippen LogP contribution in [-0.4, -0.2) is 24.3 Å². The van der Waals surface area contributed by atoms with E-state index >= 15 is 0 Å². The van der Waals surface area contributed by atoms with Crippen molar-refractivity contribution >= 4 is 45.9 Å². The lowest BCUT2D eigenvalue weighted by Crippen LogP contribution is -2.16. The predicted molar refractivity (Wildman–Crippen MR) is 106 cm³/mol. The largest absolute Gasteiger partial charge is 0.451 e. The zero-order valence-electron chi connectivity index (χ0n) is 15.2. The van der Waals surface area contributed by atoms with E-state index < -0.39 is 23.8 Å². The molecular formula is C21H14ClNO6. The van der Waals surface area contributed by atoms with Gasteiger partial charge in [0.05, 0.1) is 11.3 Å². The van der Waals surface area contributed by atoms with E-state index in [9.17, 15) is 19.2 Å². The smallest absolute Gasteiger partial charge is 0.374 e. The van der Waals surface area contributed by atoms with Crippen molar-refractivity contribution in [3.8, 4) is 0 Å². The normalized spacial score (nSPS) is 15.1. The molecule has 3 aromatic rings. The first-order chi connectivity index (χ1) is 13.8. The number of esters is 1. The Hall–Kier alpha value is -3.45. The van der Waals surface area contributed by atoms with Gasteiger partial charge >= 0.3 is 5.97 Å². The van der Waals surface area contributed by atoms with Gasteiger partial charge in [0, 0.05) is 22.3 Å². The molecule has 1 aromatic heterocycles. The molecule has 0 bridgehead atoms. The van der Waals surface area contributed by atoms with Gasteiger partial charge in [0.2, 0.25) is 11.7 Å². The lowest BCUT2D eigenvalue weighted by Gasteiger charge is -2.07. The average Bonchev–Trinajstić information content (AvgIpc) is 2.99. The first kappa shape index (κ1) is 18.9. The van der Waals surface area contributed by atoms with Crippen LogP contribution in [0.1, 0.15) is 39.3 Å². The molecule has 1 aliphatic heterocycles. The zero-order valence-corrected chi connectivity index (χ0v) is 15.9. The average molecular weight is 412 g/mol. The van der Waals surface area contributed by atoms with Crippen molar-refractivity contribution in [1.29, 1.82) is 0 Å². The third-order valence-electron chi connectivity index (χ3n) is 4.72. The molecule has 29 heavy (non-hydrogen) atoms. The quantitative estimate of drug-likeness (QED) is 0.520. The molecule has 7 nitrogen and oxygen atoms in total. The molecule has 0 fully saturated rings. The van der Waals surface area contributed by atoms with Crippen LogP contribution in [0.4, 0.5) is 5.69 Å². The Labute approximate surface area is 169 Å². The van der Waals surface area contributed by atoms with Gasteiger partial charge in [0.15, 0.2) is 17.8 Å². The van der Waals surface area contributed by atoms with Crippen LogP contribution in [0.5, 0.6) is 0 Å². The fourth-order valence-electron chi connectivity index (χ4n) is 3.11.